The van der Waals surface area contributed by atoms with Crippen LogP contribution in [0.2, 0.25) is 5.02 Å². The van der Waals surface area contributed by atoms with Crippen LogP contribution in [0.1, 0.15) is 31.8 Å². The molecule has 3 rings (SSSR count). The largest absolute Gasteiger partial charge is 0.457 e. The Kier molecular flexibility index (Phi) is 8.76. The van der Waals surface area contributed by atoms with E-state index in [4.69, 9.17) is 23.1 Å². The van der Waals surface area contributed by atoms with Gasteiger partial charge in [-0.1, -0.05) is 11.6 Å². The molecule has 0 saturated heterocycles. The van der Waals surface area contributed by atoms with Crippen molar-refractivity contribution in [2.75, 3.05) is 22.1 Å². The zero-order valence-electron chi connectivity index (χ0n) is 20.7. The molecule has 1 atom stereocenters. The fourth-order valence-corrected chi connectivity index (χ4v) is 4.67. The van der Waals surface area contributed by atoms with Crippen molar-refractivity contribution in [3.63, 3.8) is 0 Å². The number of hydrogen-bond acceptors (Lipinski definition) is 4. The Morgan fingerprint density at radius 3 is 1.95 bits per heavy atom. The second-order valence-electron chi connectivity index (χ2n) is 8.83. The van der Waals surface area contributed by atoms with Crippen LogP contribution in [0, 0.1) is 6.92 Å². The molecule has 42 heavy (non-hydrogen) atoms. The van der Waals surface area contributed by atoms with Gasteiger partial charge in [-0.2, -0.15) is 35.1 Å². The third-order valence-corrected chi connectivity index (χ3v) is 6.84. The molecule has 0 radical (unpaired) electrons. The molecule has 17 heteroatoms. The molecule has 0 aliphatic rings. The van der Waals surface area contributed by atoms with Gasteiger partial charge in [-0.05, 0) is 76.9 Å². The van der Waals surface area contributed by atoms with Crippen molar-refractivity contribution in [3.05, 3.63) is 80.3 Å². The minimum Gasteiger partial charge on any atom is -0.399 e. The number of hydrogen-bond donors (Lipinski definition) is 4. The molecule has 0 aliphatic carbocycles. The molecule has 0 heterocycles. The summed E-state index contributed by atoms with van der Waals surface area (Å²) in [6.07, 6.45) is -13.7. The van der Waals surface area contributed by atoms with Crippen LogP contribution in [0.5, 0.6) is 0 Å². The van der Waals surface area contributed by atoms with E-state index in [0.717, 1.165) is 6.07 Å². The maximum atomic E-state index is 14.9. The number of nitrogens with one attached hydrogen (secondary N) is 2. The Morgan fingerprint density at radius 2 is 1.43 bits per heavy atom. The summed E-state index contributed by atoms with van der Waals surface area (Å²) in [6, 6.07) is 7.86. The smallest absolute Gasteiger partial charge is 0.399 e. The highest BCUT2D eigenvalue weighted by Crippen LogP contribution is 2.59. The van der Waals surface area contributed by atoms with E-state index in [-0.39, 0.29) is 34.6 Å². The third-order valence-electron chi connectivity index (χ3n) is 5.92. The number of carbonyl (C=O) groups excluding carboxylic acids is 2. The van der Waals surface area contributed by atoms with E-state index in [1.54, 1.807) is 13.0 Å². The third kappa shape index (κ3) is 5.95. The maximum absolute atomic E-state index is 14.9. The molecule has 0 spiro atoms. The molecule has 0 fully saturated rings. The fraction of sp³-hybridized carbons (Fsp3) is 0.200. The van der Waals surface area contributed by atoms with E-state index in [1.807, 2.05) is 0 Å². The number of alkyl halides is 9. The monoisotopic (exact) mass is 690 g/mol. The molecule has 3 aromatic rings. The SMILES string of the molecule is Cc1cc(N)ccc1C(=O)Nc1cc(C(=O)Nc2c(Cl)cc(C(F)(C(F)(F)F)C(F)(F)C(F)(F)F)cc2Br)ccc1N. The Labute approximate surface area is 244 Å². The Bertz CT molecular complexity index is 1540. The van der Waals surface area contributed by atoms with E-state index in [2.05, 4.69) is 26.6 Å². The number of carbonyl (C=O) groups is 2. The molecule has 0 aromatic heterocycles. The molecule has 6 N–H and O–H groups in total. The second-order valence-corrected chi connectivity index (χ2v) is 10.1. The average Bonchev–Trinajstić information content (AvgIpc) is 2.85. The summed E-state index contributed by atoms with van der Waals surface area (Å²) in [5.74, 6) is -8.57. The quantitative estimate of drug-likeness (QED) is 0.155. The van der Waals surface area contributed by atoms with E-state index < -0.39 is 56.5 Å². The fourth-order valence-electron chi connectivity index (χ4n) is 3.73. The summed E-state index contributed by atoms with van der Waals surface area (Å²) in [7, 11) is 0. The first-order valence-electron chi connectivity index (χ1n) is 11.2. The average molecular weight is 692 g/mol. The lowest BCUT2D eigenvalue weighted by Crippen LogP contribution is -2.59. The van der Waals surface area contributed by atoms with E-state index in [0.29, 0.717) is 11.3 Å². The first kappa shape index (κ1) is 32.8. The lowest BCUT2D eigenvalue weighted by atomic mass is 9.87. The second kappa shape index (κ2) is 11.2. The number of aryl methyl sites for hydroxylation is 1. The van der Waals surface area contributed by atoms with Crippen molar-refractivity contribution < 1.29 is 49.1 Å². The van der Waals surface area contributed by atoms with Crippen LogP contribution in [0.3, 0.4) is 0 Å². The van der Waals surface area contributed by atoms with Gasteiger partial charge in [-0.3, -0.25) is 9.59 Å². The minimum atomic E-state index is -6.93. The maximum Gasteiger partial charge on any atom is 0.457 e. The summed E-state index contributed by atoms with van der Waals surface area (Å²) in [5.41, 5.74) is 3.48. The van der Waals surface area contributed by atoms with Crippen molar-refractivity contribution in [1.29, 1.82) is 0 Å². The van der Waals surface area contributed by atoms with E-state index in [1.165, 1.54) is 24.3 Å². The standard InChI is InChI=1S/C25H17BrClF9N4O2/c1-10-6-13(37)3-4-14(10)21(42)39-18-7-11(2-5-17(18)38)20(41)40-19-15(26)8-12(9-16(19)27)22(28,24(31,32)33)23(29,30)25(34,35)36/h2-9H,37-38H2,1H3,(H,39,42)(H,40,41). The van der Waals surface area contributed by atoms with Gasteiger partial charge in [0.1, 0.15) is 0 Å². The molecular weight excluding hydrogens is 675 g/mol. The first-order chi connectivity index (χ1) is 19.1. The molecule has 226 valence electrons. The molecule has 6 nitrogen and oxygen atoms in total. The molecule has 2 amide bonds. The summed E-state index contributed by atoms with van der Waals surface area (Å²) >= 11 is 8.44. The number of amides is 2. The molecular formula is C25H17BrClF9N4O2. The van der Waals surface area contributed by atoms with Gasteiger partial charge in [-0.25, -0.2) is 4.39 Å². The normalized spacial score (nSPS) is 13.8. The molecule has 1 unspecified atom stereocenters. The Morgan fingerprint density at radius 1 is 0.810 bits per heavy atom. The van der Waals surface area contributed by atoms with Crippen LogP contribution in [0.25, 0.3) is 0 Å². The Hall–Kier alpha value is -3.66. The van der Waals surface area contributed by atoms with Crippen LogP contribution in [0.4, 0.5) is 62.3 Å². The van der Waals surface area contributed by atoms with Gasteiger partial charge < -0.3 is 22.1 Å². The van der Waals surface area contributed by atoms with Gasteiger partial charge >= 0.3 is 23.9 Å². The van der Waals surface area contributed by atoms with Crippen LogP contribution in [-0.2, 0) is 5.67 Å². The van der Waals surface area contributed by atoms with Gasteiger partial charge in [0, 0.05) is 26.9 Å². The molecule has 3 aromatic carbocycles. The number of anilines is 4. The van der Waals surface area contributed by atoms with Gasteiger partial charge in [0.25, 0.3) is 11.8 Å². The number of benzene rings is 3. The van der Waals surface area contributed by atoms with E-state index >= 15 is 0 Å². The van der Waals surface area contributed by atoms with Crippen molar-refractivity contribution in [2.24, 2.45) is 0 Å². The Balaban J connectivity index is 1.95. The van der Waals surface area contributed by atoms with Gasteiger partial charge in [0.05, 0.1) is 22.1 Å². The predicted octanol–water partition coefficient (Wildman–Crippen LogP) is 8.00. The van der Waals surface area contributed by atoms with Crippen LogP contribution < -0.4 is 22.1 Å². The number of nitrogens with two attached hydrogens (primary N) is 2. The highest BCUT2D eigenvalue weighted by Gasteiger charge is 2.81. The molecule has 0 aliphatic heterocycles. The number of nitrogen functional groups attached to an aromatic ring is 2. The summed E-state index contributed by atoms with van der Waals surface area (Å²) < 4.78 is 120. The van der Waals surface area contributed by atoms with E-state index in [9.17, 15) is 49.1 Å². The predicted molar refractivity (Wildman–Crippen MR) is 141 cm³/mol. The summed E-state index contributed by atoms with van der Waals surface area (Å²) in [5, 5.41) is 3.62. The van der Waals surface area contributed by atoms with Crippen molar-refractivity contribution in [2.45, 2.75) is 30.9 Å². The highest BCUT2D eigenvalue weighted by atomic mass is 79.9. The van der Waals surface area contributed by atoms with Crippen LogP contribution >= 0.6 is 27.5 Å². The summed E-state index contributed by atoms with van der Waals surface area (Å²) in [4.78, 5) is 25.6. The zero-order valence-corrected chi connectivity index (χ0v) is 23.1. The van der Waals surface area contributed by atoms with Gasteiger partial charge in [0.15, 0.2) is 0 Å². The number of rotatable bonds is 6. The van der Waals surface area contributed by atoms with Crippen LogP contribution in [-0.4, -0.2) is 30.1 Å². The molecule has 0 saturated carbocycles. The lowest BCUT2D eigenvalue weighted by Gasteiger charge is -2.36. The van der Waals surface area contributed by atoms with Gasteiger partial charge in [-0.15, -0.1) is 0 Å². The zero-order chi connectivity index (χ0) is 32.0. The number of halogens is 11. The van der Waals surface area contributed by atoms with Gasteiger partial charge in [0.2, 0.25) is 0 Å². The minimum absolute atomic E-state index is 0.0157. The summed E-state index contributed by atoms with van der Waals surface area (Å²) in [6.45, 7) is 1.62. The lowest BCUT2D eigenvalue weighted by molar-refractivity contribution is -0.389. The molecule has 0 bridgehead atoms. The van der Waals surface area contributed by atoms with Crippen LogP contribution in [0.15, 0.2) is 53.0 Å². The topological polar surface area (TPSA) is 110 Å². The van der Waals surface area contributed by atoms with Crippen molar-refractivity contribution in [1.82, 2.24) is 0 Å². The highest BCUT2D eigenvalue weighted by molar-refractivity contribution is 9.10. The first-order valence-corrected chi connectivity index (χ1v) is 12.4. The van der Waals surface area contributed by atoms with Crippen molar-refractivity contribution in [3.8, 4) is 0 Å². The van der Waals surface area contributed by atoms with Crippen molar-refractivity contribution >= 4 is 62.1 Å².